The second-order valence-electron chi connectivity index (χ2n) is 6.85. The van der Waals surface area contributed by atoms with Crippen LogP contribution in [0.5, 0.6) is 5.75 Å². The summed E-state index contributed by atoms with van der Waals surface area (Å²) >= 11 is 0. The van der Waals surface area contributed by atoms with Gasteiger partial charge in [0.05, 0.1) is 19.8 Å². The number of ether oxygens (including phenoxy) is 2. The molecule has 0 bridgehead atoms. The predicted molar refractivity (Wildman–Crippen MR) is 119 cm³/mol. The topological polar surface area (TPSA) is 52.8 Å². The summed E-state index contributed by atoms with van der Waals surface area (Å²) in [6.07, 6.45) is 3.94. The molecule has 5 nitrogen and oxygen atoms in total. The molecule has 4 aromatic rings. The third-order valence-electron chi connectivity index (χ3n) is 4.95. The Morgan fingerprint density at radius 1 is 1.00 bits per heavy atom. The van der Waals surface area contributed by atoms with Crippen molar-refractivity contribution in [3.8, 4) is 5.75 Å². The van der Waals surface area contributed by atoms with Gasteiger partial charge in [0.1, 0.15) is 11.4 Å². The number of methoxy groups -OCH3 is 2. The maximum atomic E-state index is 11.9. The van der Waals surface area contributed by atoms with Gasteiger partial charge in [0.2, 0.25) is 0 Å². The largest absolute Gasteiger partial charge is 0.494 e. The van der Waals surface area contributed by atoms with Crippen molar-refractivity contribution in [2.24, 2.45) is 4.99 Å². The minimum absolute atomic E-state index is 0.334. The molecule has 3 aromatic carbocycles. The van der Waals surface area contributed by atoms with Crippen LogP contribution >= 0.6 is 0 Å². The second-order valence-corrected chi connectivity index (χ2v) is 6.85. The van der Waals surface area contributed by atoms with Crippen LogP contribution < -0.4 is 4.74 Å². The van der Waals surface area contributed by atoms with E-state index in [1.165, 1.54) is 7.11 Å². The van der Waals surface area contributed by atoms with Crippen LogP contribution in [0.15, 0.2) is 84.0 Å². The number of hydrogen-bond donors (Lipinski definition) is 0. The normalized spacial score (nSPS) is 11.1. The molecule has 150 valence electrons. The summed E-state index contributed by atoms with van der Waals surface area (Å²) in [4.78, 5) is 16.5. The molecule has 0 aliphatic carbocycles. The first kappa shape index (κ1) is 19.5. The Kier molecular flexibility index (Phi) is 5.61. The quantitative estimate of drug-likeness (QED) is 0.330. The van der Waals surface area contributed by atoms with Crippen molar-refractivity contribution in [3.63, 3.8) is 0 Å². The molecule has 30 heavy (non-hydrogen) atoms. The van der Waals surface area contributed by atoms with Gasteiger partial charge < -0.3 is 14.0 Å². The molecule has 0 aliphatic rings. The number of carbonyl (C=O) groups is 1. The van der Waals surface area contributed by atoms with Crippen molar-refractivity contribution >= 4 is 28.8 Å². The monoisotopic (exact) mass is 398 g/mol. The Morgan fingerprint density at radius 3 is 2.63 bits per heavy atom. The van der Waals surface area contributed by atoms with Gasteiger partial charge >= 0.3 is 5.97 Å². The van der Waals surface area contributed by atoms with Crippen LogP contribution in [0.1, 0.15) is 21.5 Å². The lowest BCUT2D eigenvalue weighted by molar-refractivity contribution is 0.0600. The van der Waals surface area contributed by atoms with Crippen molar-refractivity contribution in [1.82, 2.24) is 4.57 Å². The maximum Gasteiger partial charge on any atom is 0.337 e. The summed E-state index contributed by atoms with van der Waals surface area (Å²) in [5.74, 6) is 0.399. The zero-order chi connectivity index (χ0) is 20.9. The highest BCUT2D eigenvalue weighted by Gasteiger charge is 2.10. The molecule has 0 spiro atoms. The van der Waals surface area contributed by atoms with Gasteiger partial charge in [-0.2, -0.15) is 0 Å². The van der Waals surface area contributed by atoms with E-state index in [0.29, 0.717) is 12.1 Å². The van der Waals surface area contributed by atoms with Crippen LogP contribution in [-0.4, -0.2) is 31.0 Å². The molecule has 0 fully saturated rings. The number of aliphatic imine (C=N–C) groups is 1. The molecule has 1 heterocycles. The standard InChI is InChI=1S/C25H22N2O3/c1-29-24-13-6-4-11-22(24)26-15-20-17-27(23-12-5-3-10-21(20)23)16-18-8-7-9-19(14-18)25(28)30-2/h3-15,17H,16H2,1-2H3. The van der Waals surface area contributed by atoms with E-state index in [2.05, 4.69) is 27.9 Å². The van der Waals surface area contributed by atoms with E-state index in [1.807, 2.05) is 60.8 Å². The van der Waals surface area contributed by atoms with E-state index in [1.54, 1.807) is 13.2 Å². The molecule has 0 unspecified atom stereocenters. The van der Waals surface area contributed by atoms with Crippen molar-refractivity contribution < 1.29 is 14.3 Å². The highest BCUT2D eigenvalue weighted by atomic mass is 16.5. The smallest absolute Gasteiger partial charge is 0.337 e. The van der Waals surface area contributed by atoms with Gasteiger partial charge in [-0.1, -0.05) is 42.5 Å². The SMILES string of the molecule is COC(=O)c1cccc(Cn2cc(C=Nc3ccccc3OC)c3ccccc32)c1. The Hall–Kier alpha value is -3.86. The Morgan fingerprint density at radius 2 is 1.80 bits per heavy atom. The highest BCUT2D eigenvalue weighted by molar-refractivity contribution is 6.00. The lowest BCUT2D eigenvalue weighted by Gasteiger charge is -2.07. The molecule has 0 saturated carbocycles. The molecular formula is C25H22N2O3. The number of hydrogen-bond acceptors (Lipinski definition) is 4. The summed E-state index contributed by atoms with van der Waals surface area (Å²) < 4.78 is 12.4. The van der Waals surface area contributed by atoms with Crippen molar-refractivity contribution in [3.05, 3.63) is 95.7 Å². The molecule has 5 heteroatoms. The van der Waals surface area contributed by atoms with Gasteiger partial charge in [-0.25, -0.2) is 4.79 Å². The first-order valence-corrected chi connectivity index (χ1v) is 9.62. The van der Waals surface area contributed by atoms with Crippen molar-refractivity contribution in [2.45, 2.75) is 6.54 Å². The minimum atomic E-state index is -0.334. The second kappa shape index (κ2) is 8.66. The Balaban J connectivity index is 1.69. The molecule has 0 radical (unpaired) electrons. The van der Waals surface area contributed by atoms with E-state index in [-0.39, 0.29) is 5.97 Å². The number of aromatic nitrogens is 1. The Bertz CT molecular complexity index is 1220. The molecular weight excluding hydrogens is 376 g/mol. The van der Waals surface area contributed by atoms with Crippen LogP contribution in [-0.2, 0) is 11.3 Å². The van der Waals surface area contributed by atoms with Crippen LogP contribution in [0.3, 0.4) is 0 Å². The zero-order valence-corrected chi connectivity index (χ0v) is 16.9. The fraction of sp³-hybridized carbons (Fsp3) is 0.120. The minimum Gasteiger partial charge on any atom is -0.494 e. The summed E-state index contributed by atoms with van der Waals surface area (Å²) in [5.41, 5.74) is 4.46. The van der Waals surface area contributed by atoms with E-state index < -0.39 is 0 Å². The number of fused-ring (bicyclic) bond motifs is 1. The molecule has 4 rings (SSSR count). The number of esters is 1. The first-order valence-electron chi connectivity index (χ1n) is 9.62. The summed E-state index contributed by atoms with van der Waals surface area (Å²) in [6.45, 7) is 0.633. The molecule has 1 aromatic heterocycles. The maximum absolute atomic E-state index is 11.9. The average Bonchev–Trinajstić information content (AvgIpc) is 3.15. The molecule has 0 N–H and O–H groups in total. The molecule has 0 saturated heterocycles. The molecule has 0 atom stereocenters. The zero-order valence-electron chi connectivity index (χ0n) is 16.9. The van der Waals surface area contributed by atoms with Gasteiger partial charge in [-0.15, -0.1) is 0 Å². The van der Waals surface area contributed by atoms with Gasteiger partial charge in [-0.3, -0.25) is 4.99 Å². The van der Waals surface area contributed by atoms with Crippen molar-refractivity contribution in [2.75, 3.05) is 14.2 Å². The number of para-hydroxylation sites is 3. The fourth-order valence-corrected chi connectivity index (χ4v) is 3.50. The first-order chi connectivity index (χ1) is 14.7. The van der Waals surface area contributed by atoms with Crippen LogP contribution in [0, 0.1) is 0 Å². The van der Waals surface area contributed by atoms with Crippen molar-refractivity contribution in [1.29, 1.82) is 0 Å². The van der Waals surface area contributed by atoms with E-state index in [4.69, 9.17) is 9.47 Å². The van der Waals surface area contributed by atoms with Gasteiger partial charge in [0.15, 0.2) is 0 Å². The highest BCUT2D eigenvalue weighted by Crippen LogP contribution is 2.27. The third-order valence-corrected chi connectivity index (χ3v) is 4.95. The number of rotatable bonds is 6. The number of benzene rings is 3. The lowest BCUT2D eigenvalue weighted by Crippen LogP contribution is -2.03. The summed E-state index contributed by atoms with van der Waals surface area (Å²) in [6, 6.07) is 23.4. The lowest BCUT2D eigenvalue weighted by atomic mass is 10.1. The summed E-state index contributed by atoms with van der Waals surface area (Å²) in [5, 5.41) is 1.11. The van der Waals surface area contributed by atoms with Crippen LogP contribution in [0.2, 0.25) is 0 Å². The van der Waals surface area contributed by atoms with E-state index in [0.717, 1.165) is 33.5 Å². The van der Waals surface area contributed by atoms with Crippen LogP contribution in [0.25, 0.3) is 10.9 Å². The Labute approximate surface area is 175 Å². The van der Waals surface area contributed by atoms with Gasteiger partial charge in [0.25, 0.3) is 0 Å². The van der Waals surface area contributed by atoms with Gasteiger partial charge in [-0.05, 0) is 35.9 Å². The third kappa shape index (κ3) is 3.96. The van der Waals surface area contributed by atoms with Crippen LogP contribution in [0.4, 0.5) is 5.69 Å². The average molecular weight is 398 g/mol. The number of nitrogens with zero attached hydrogens (tertiary/aromatic N) is 2. The van der Waals surface area contributed by atoms with E-state index >= 15 is 0 Å². The molecule has 0 aliphatic heterocycles. The van der Waals surface area contributed by atoms with E-state index in [9.17, 15) is 4.79 Å². The fourth-order valence-electron chi connectivity index (χ4n) is 3.50. The molecule has 0 amide bonds. The number of carbonyl (C=O) groups excluding carboxylic acids is 1. The van der Waals surface area contributed by atoms with Gasteiger partial charge in [0, 0.05) is 35.4 Å². The predicted octanol–water partition coefficient (Wildman–Crippen LogP) is 5.24. The summed E-state index contributed by atoms with van der Waals surface area (Å²) in [7, 11) is 3.03.